The molecule has 0 radical (unpaired) electrons. The van der Waals surface area contributed by atoms with Crippen molar-refractivity contribution >= 4 is 33.4 Å². The third kappa shape index (κ3) is 4.66. The van der Waals surface area contributed by atoms with Gasteiger partial charge in [0.25, 0.3) is 0 Å². The van der Waals surface area contributed by atoms with Crippen LogP contribution in [-0.4, -0.2) is 24.2 Å². The molecular formula is C23H25ClN2O4. The van der Waals surface area contributed by atoms with Crippen LogP contribution in [0.2, 0.25) is 5.02 Å². The highest BCUT2D eigenvalue weighted by Gasteiger charge is 2.07. The van der Waals surface area contributed by atoms with Crippen LogP contribution in [0, 0.1) is 13.8 Å². The molecule has 0 fully saturated rings. The topological polar surface area (TPSA) is 84.2 Å². The van der Waals surface area contributed by atoms with E-state index in [0.29, 0.717) is 28.0 Å². The lowest BCUT2D eigenvalue weighted by Crippen LogP contribution is -2.06. The number of aromatic nitrogens is 2. The molecule has 0 saturated heterocycles. The van der Waals surface area contributed by atoms with Crippen LogP contribution in [0.1, 0.15) is 18.8 Å². The van der Waals surface area contributed by atoms with E-state index in [4.69, 9.17) is 21.1 Å². The molecule has 7 heteroatoms. The van der Waals surface area contributed by atoms with Crippen LogP contribution >= 0.6 is 11.6 Å². The summed E-state index contributed by atoms with van der Waals surface area (Å²) in [5, 5.41) is 1.44. The minimum absolute atomic E-state index is 0. The van der Waals surface area contributed by atoms with Gasteiger partial charge in [0.1, 0.15) is 16.5 Å². The third-order valence-corrected chi connectivity index (χ3v) is 4.95. The molecule has 0 saturated carbocycles. The Hall–Kier alpha value is -3.25. The number of nitrogens with one attached hydrogen (secondary N) is 2. The van der Waals surface area contributed by atoms with Gasteiger partial charge in [0.2, 0.25) is 5.43 Å². The Bertz CT molecular complexity index is 1310. The number of methoxy groups -OCH3 is 2. The minimum Gasteiger partial charge on any atom is -0.497 e. The van der Waals surface area contributed by atoms with Crippen molar-refractivity contribution in [2.75, 3.05) is 14.2 Å². The van der Waals surface area contributed by atoms with E-state index in [1.54, 1.807) is 51.5 Å². The zero-order chi connectivity index (χ0) is 21.1. The number of ether oxygens (including phenoxy) is 2. The van der Waals surface area contributed by atoms with Crippen LogP contribution in [0.5, 0.6) is 11.5 Å². The number of hydrogen-bond donors (Lipinski definition) is 2. The maximum absolute atomic E-state index is 11.8. The number of H-pyrrole nitrogens is 2. The predicted octanol–water partition coefficient (Wildman–Crippen LogP) is 4.98. The van der Waals surface area contributed by atoms with Crippen molar-refractivity contribution in [1.82, 2.24) is 9.97 Å². The van der Waals surface area contributed by atoms with Gasteiger partial charge in [0.15, 0.2) is 5.43 Å². The van der Waals surface area contributed by atoms with Gasteiger partial charge in [-0.3, -0.25) is 9.59 Å². The van der Waals surface area contributed by atoms with Gasteiger partial charge < -0.3 is 19.4 Å². The number of rotatable bonds is 2. The molecule has 2 N–H and O–H groups in total. The molecule has 4 aromatic rings. The Labute approximate surface area is 179 Å². The van der Waals surface area contributed by atoms with Gasteiger partial charge in [-0.2, -0.15) is 0 Å². The molecule has 2 aromatic carbocycles. The van der Waals surface area contributed by atoms with Gasteiger partial charge in [-0.05, 0) is 50.2 Å². The lowest BCUT2D eigenvalue weighted by Gasteiger charge is -2.04. The maximum Gasteiger partial charge on any atom is 0.208 e. The van der Waals surface area contributed by atoms with Gasteiger partial charge in [0.05, 0.1) is 19.6 Å². The lowest BCUT2D eigenvalue weighted by atomic mass is 10.2. The Morgan fingerprint density at radius 3 is 1.90 bits per heavy atom. The fraction of sp³-hybridized carbons (Fsp3) is 0.217. The Morgan fingerprint density at radius 2 is 1.33 bits per heavy atom. The molecule has 6 nitrogen and oxygen atoms in total. The van der Waals surface area contributed by atoms with Crippen molar-refractivity contribution in [3.63, 3.8) is 0 Å². The molecule has 4 rings (SSSR count). The molecule has 30 heavy (non-hydrogen) atoms. The summed E-state index contributed by atoms with van der Waals surface area (Å²) in [6.07, 6.45) is 0. The summed E-state index contributed by atoms with van der Waals surface area (Å²) in [4.78, 5) is 29.6. The first-order valence-electron chi connectivity index (χ1n) is 8.88. The first kappa shape index (κ1) is 23.0. The first-order valence-corrected chi connectivity index (χ1v) is 9.25. The quantitative estimate of drug-likeness (QED) is 0.471. The van der Waals surface area contributed by atoms with Crippen molar-refractivity contribution in [3.05, 3.63) is 79.3 Å². The summed E-state index contributed by atoms with van der Waals surface area (Å²) >= 11 is 5.87. The van der Waals surface area contributed by atoms with Gasteiger partial charge in [-0.15, -0.1) is 0 Å². The SMILES string of the molecule is C.COc1ccc2[nH]c(C)c(Cl)c(=O)c2c1.COc1ccc2[nH]c(C)cc(=O)c2c1. The molecule has 158 valence electrons. The number of pyridine rings is 2. The van der Waals surface area contributed by atoms with Crippen LogP contribution in [0.15, 0.2) is 52.1 Å². The van der Waals surface area contributed by atoms with Gasteiger partial charge >= 0.3 is 0 Å². The van der Waals surface area contributed by atoms with E-state index in [1.807, 2.05) is 19.1 Å². The number of aromatic amines is 2. The average Bonchev–Trinajstić information content (AvgIpc) is 2.72. The van der Waals surface area contributed by atoms with Crippen molar-refractivity contribution < 1.29 is 9.47 Å². The second-order valence-corrected chi connectivity index (χ2v) is 6.91. The fourth-order valence-corrected chi connectivity index (χ4v) is 3.13. The summed E-state index contributed by atoms with van der Waals surface area (Å²) in [5.74, 6) is 1.35. The zero-order valence-corrected chi connectivity index (χ0v) is 17.3. The van der Waals surface area contributed by atoms with Crippen molar-refractivity contribution in [1.29, 1.82) is 0 Å². The van der Waals surface area contributed by atoms with Gasteiger partial charge in [-0.25, -0.2) is 0 Å². The summed E-state index contributed by atoms with van der Waals surface area (Å²) < 4.78 is 10.1. The lowest BCUT2D eigenvalue weighted by molar-refractivity contribution is 0.415. The molecule has 2 heterocycles. The van der Waals surface area contributed by atoms with E-state index in [2.05, 4.69) is 9.97 Å². The third-order valence-electron chi connectivity index (χ3n) is 4.49. The minimum atomic E-state index is -0.165. The largest absolute Gasteiger partial charge is 0.497 e. The predicted molar refractivity (Wildman–Crippen MR) is 123 cm³/mol. The highest BCUT2D eigenvalue weighted by molar-refractivity contribution is 6.31. The molecule has 0 unspecified atom stereocenters. The number of aryl methyl sites for hydroxylation is 2. The first-order chi connectivity index (χ1) is 13.8. The Morgan fingerprint density at radius 1 is 0.800 bits per heavy atom. The smallest absolute Gasteiger partial charge is 0.208 e. The van der Waals surface area contributed by atoms with Crippen LogP contribution in [0.25, 0.3) is 21.8 Å². The van der Waals surface area contributed by atoms with E-state index in [-0.39, 0.29) is 23.3 Å². The fourth-order valence-electron chi connectivity index (χ4n) is 2.98. The zero-order valence-electron chi connectivity index (χ0n) is 16.6. The highest BCUT2D eigenvalue weighted by atomic mass is 35.5. The van der Waals surface area contributed by atoms with Crippen molar-refractivity contribution in [2.45, 2.75) is 21.3 Å². The normalized spacial score (nSPS) is 10.2. The van der Waals surface area contributed by atoms with E-state index in [9.17, 15) is 9.59 Å². The van der Waals surface area contributed by atoms with Crippen molar-refractivity contribution in [3.8, 4) is 11.5 Å². The molecule has 0 amide bonds. The Kier molecular flexibility index (Phi) is 7.29. The second kappa shape index (κ2) is 9.50. The standard InChI is InChI=1S/C11H10ClNO2.C11H11NO2.CH4/c1-6-10(12)11(14)8-5-7(15-2)3-4-9(8)13-6;1-7-5-11(13)9-6-8(14-2)3-4-10(9)12-7;/h3-5H,1-2H3,(H,13,14);3-6H,1-2H3,(H,12,13);1H4. The molecule has 0 spiro atoms. The van der Waals surface area contributed by atoms with E-state index < -0.39 is 0 Å². The maximum atomic E-state index is 11.8. The number of benzene rings is 2. The Balaban J connectivity index is 0.000000207. The van der Waals surface area contributed by atoms with Crippen LogP contribution in [0.4, 0.5) is 0 Å². The monoisotopic (exact) mass is 428 g/mol. The van der Waals surface area contributed by atoms with Crippen LogP contribution in [-0.2, 0) is 0 Å². The molecule has 0 bridgehead atoms. The molecular weight excluding hydrogens is 404 g/mol. The van der Waals surface area contributed by atoms with Crippen LogP contribution < -0.4 is 20.3 Å². The molecule has 0 aliphatic carbocycles. The molecule has 0 atom stereocenters. The number of fused-ring (bicyclic) bond motifs is 2. The molecule has 0 aliphatic rings. The van der Waals surface area contributed by atoms with E-state index in [0.717, 1.165) is 16.7 Å². The highest BCUT2D eigenvalue weighted by Crippen LogP contribution is 2.19. The molecule has 0 aliphatic heterocycles. The summed E-state index contributed by atoms with van der Waals surface area (Å²) in [5.41, 5.74) is 3.02. The second-order valence-electron chi connectivity index (χ2n) is 6.53. The van der Waals surface area contributed by atoms with Gasteiger partial charge in [0, 0.05) is 33.9 Å². The summed E-state index contributed by atoms with van der Waals surface area (Å²) in [6, 6.07) is 12.3. The number of halogens is 1. The number of hydrogen-bond acceptors (Lipinski definition) is 4. The van der Waals surface area contributed by atoms with Crippen LogP contribution in [0.3, 0.4) is 0 Å². The molecule has 2 aromatic heterocycles. The average molecular weight is 429 g/mol. The summed E-state index contributed by atoms with van der Waals surface area (Å²) in [6.45, 7) is 3.64. The summed E-state index contributed by atoms with van der Waals surface area (Å²) in [7, 11) is 3.15. The van der Waals surface area contributed by atoms with E-state index in [1.165, 1.54) is 0 Å². The van der Waals surface area contributed by atoms with Gasteiger partial charge in [-0.1, -0.05) is 19.0 Å². The van der Waals surface area contributed by atoms with E-state index >= 15 is 0 Å². The van der Waals surface area contributed by atoms with Crippen molar-refractivity contribution in [2.24, 2.45) is 0 Å².